The van der Waals surface area contributed by atoms with E-state index >= 15 is 0 Å². The quantitative estimate of drug-likeness (QED) is 0.706. The molecular weight excluding hydrogens is 387 g/mol. The molecule has 0 unspecified atom stereocenters. The molecule has 0 aliphatic rings. The van der Waals surface area contributed by atoms with Gasteiger partial charge in [0.15, 0.2) is 0 Å². The number of hydrogen-bond donors (Lipinski definition) is 1. The molecular formula is C19H18F3N5O2. The monoisotopic (exact) mass is 405 g/mol. The number of nitrogens with zero attached hydrogens (tertiary/aromatic N) is 4. The van der Waals surface area contributed by atoms with Crippen LogP contribution in [0.5, 0.6) is 5.75 Å². The Morgan fingerprint density at radius 2 is 1.69 bits per heavy atom. The van der Waals surface area contributed by atoms with Crippen LogP contribution < -0.4 is 10.1 Å². The summed E-state index contributed by atoms with van der Waals surface area (Å²) < 4.78 is 42.0. The Kier molecular flexibility index (Phi) is 5.27. The van der Waals surface area contributed by atoms with E-state index in [4.69, 9.17) is 0 Å². The van der Waals surface area contributed by atoms with Gasteiger partial charge in [0.1, 0.15) is 11.6 Å². The van der Waals surface area contributed by atoms with Crippen LogP contribution in [0.3, 0.4) is 0 Å². The predicted octanol–water partition coefficient (Wildman–Crippen LogP) is 4.11. The summed E-state index contributed by atoms with van der Waals surface area (Å²) in [5, 5.41) is 7.19. The average molecular weight is 405 g/mol. The Morgan fingerprint density at radius 1 is 1.07 bits per heavy atom. The van der Waals surface area contributed by atoms with E-state index in [1.54, 1.807) is 24.5 Å². The summed E-state index contributed by atoms with van der Waals surface area (Å²) in [7, 11) is 0. The lowest BCUT2D eigenvalue weighted by molar-refractivity contribution is -0.274. The number of carbonyl (C=O) groups is 1. The molecule has 29 heavy (non-hydrogen) atoms. The summed E-state index contributed by atoms with van der Waals surface area (Å²) in [4.78, 5) is 20.9. The Hall–Kier alpha value is -3.43. The molecule has 0 radical (unpaired) electrons. The third kappa shape index (κ3) is 5.09. The third-order valence-corrected chi connectivity index (χ3v) is 3.81. The van der Waals surface area contributed by atoms with Crippen molar-refractivity contribution < 1.29 is 22.7 Å². The van der Waals surface area contributed by atoms with Gasteiger partial charge in [0.2, 0.25) is 0 Å². The van der Waals surface area contributed by atoms with Crippen LogP contribution in [-0.4, -0.2) is 32.0 Å². The molecule has 1 N–H and O–H groups in total. The Bertz CT molecular complexity index is 993. The third-order valence-electron chi connectivity index (χ3n) is 3.81. The molecule has 10 heteroatoms. The normalized spacial score (nSPS) is 11.9. The minimum atomic E-state index is -4.80. The number of nitrogens with one attached hydrogen (secondary N) is 1. The molecule has 0 spiro atoms. The molecule has 0 saturated heterocycles. The van der Waals surface area contributed by atoms with Crippen molar-refractivity contribution in [2.45, 2.75) is 32.5 Å². The first-order valence-electron chi connectivity index (χ1n) is 8.58. The van der Waals surface area contributed by atoms with E-state index in [9.17, 15) is 18.0 Å². The topological polar surface area (TPSA) is 81.9 Å². The van der Waals surface area contributed by atoms with Gasteiger partial charge in [-0.05, 0) is 30.3 Å². The van der Waals surface area contributed by atoms with Crippen LogP contribution in [0.15, 0.2) is 48.8 Å². The van der Waals surface area contributed by atoms with Crippen molar-refractivity contribution in [1.29, 1.82) is 0 Å². The fourth-order valence-corrected chi connectivity index (χ4v) is 2.39. The summed E-state index contributed by atoms with van der Waals surface area (Å²) in [6, 6.07) is 7.97. The maximum Gasteiger partial charge on any atom is 0.573 e. The number of aromatic nitrogens is 4. The van der Waals surface area contributed by atoms with Crippen LogP contribution in [0.1, 0.15) is 36.8 Å². The zero-order valence-electron chi connectivity index (χ0n) is 15.9. The van der Waals surface area contributed by atoms with Gasteiger partial charge in [-0.2, -0.15) is 9.78 Å². The second-order valence-corrected chi connectivity index (χ2v) is 7.15. The van der Waals surface area contributed by atoms with Gasteiger partial charge in [0.05, 0.1) is 5.69 Å². The van der Waals surface area contributed by atoms with Gasteiger partial charge in [-0.25, -0.2) is 9.97 Å². The molecule has 0 saturated carbocycles. The van der Waals surface area contributed by atoms with Crippen molar-refractivity contribution in [3.8, 4) is 11.7 Å². The van der Waals surface area contributed by atoms with Gasteiger partial charge in [0.25, 0.3) is 11.9 Å². The predicted molar refractivity (Wildman–Crippen MR) is 98.9 cm³/mol. The molecule has 0 aliphatic heterocycles. The van der Waals surface area contributed by atoms with Gasteiger partial charge in [-0.15, -0.1) is 13.2 Å². The van der Waals surface area contributed by atoms with E-state index < -0.39 is 18.0 Å². The van der Waals surface area contributed by atoms with E-state index in [0.29, 0.717) is 11.5 Å². The summed E-state index contributed by atoms with van der Waals surface area (Å²) in [5.74, 6) is -0.332. The number of alkyl halides is 3. The van der Waals surface area contributed by atoms with Crippen molar-refractivity contribution in [3.63, 3.8) is 0 Å². The number of ether oxygens (including phenoxy) is 1. The lowest BCUT2D eigenvalue weighted by Gasteiger charge is -2.13. The highest BCUT2D eigenvalue weighted by Crippen LogP contribution is 2.26. The molecule has 0 aliphatic carbocycles. The second-order valence-electron chi connectivity index (χ2n) is 7.15. The Morgan fingerprint density at radius 3 is 2.24 bits per heavy atom. The molecule has 1 aromatic carbocycles. The average Bonchev–Trinajstić information content (AvgIpc) is 3.06. The van der Waals surface area contributed by atoms with E-state index in [0.717, 1.165) is 12.1 Å². The van der Waals surface area contributed by atoms with Crippen molar-refractivity contribution in [2.75, 3.05) is 5.32 Å². The van der Waals surface area contributed by atoms with Gasteiger partial charge >= 0.3 is 6.36 Å². The molecule has 1 amide bonds. The molecule has 3 rings (SSSR count). The Balaban J connectivity index is 1.87. The SMILES string of the molecule is CC(C)(C)c1cc(NC(=O)c2ccc(OC(F)(F)F)cc2)n(-c2ncccn2)n1. The van der Waals surface area contributed by atoms with Crippen molar-refractivity contribution in [2.24, 2.45) is 0 Å². The lowest BCUT2D eigenvalue weighted by atomic mass is 9.92. The van der Waals surface area contributed by atoms with Gasteiger partial charge in [0, 0.05) is 29.4 Å². The number of hydrogen-bond acceptors (Lipinski definition) is 5. The fourth-order valence-electron chi connectivity index (χ4n) is 2.39. The first-order chi connectivity index (χ1) is 13.5. The van der Waals surface area contributed by atoms with E-state index in [2.05, 4.69) is 25.1 Å². The largest absolute Gasteiger partial charge is 0.573 e. The number of amides is 1. The van der Waals surface area contributed by atoms with Crippen LogP contribution in [0.25, 0.3) is 5.95 Å². The smallest absolute Gasteiger partial charge is 0.406 e. The summed E-state index contributed by atoms with van der Waals surface area (Å²) in [6.45, 7) is 5.91. The zero-order valence-corrected chi connectivity index (χ0v) is 15.9. The summed E-state index contributed by atoms with van der Waals surface area (Å²) in [6.07, 6.45) is -1.70. The molecule has 0 atom stereocenters. The minimum absolute atomic E-state index is 0.151. The van der Waals surface area contributed by atoms with E-state index in [1.165, 1.54) is 16.8 Å². The van der Waals surface area contributed by atoms with Gasteiger partial charge in [-0.1, -0.05) is 20.8 Å². The molecule has 3 aromatic rings. The molecule has 0 fully saturated rings. The molecule has 2 heterocycles. The van der Waals surface area contributed by atoms with Crippen LogP contribution in [0.2, 0.25) is 0 Å². The minimum Gasteiger partial charge on any atom is -0.406 e. The van der Waals surface area contributed by atoms with Crippen LogP contribution in [0, 0.1) is 0 Å². The van der Waals surface area contributed by atoms with Crippen LogP contribution >= 0.6 is 0 Å². The fraction of sp³-hybridized carbons (Fsp3) is 0.263. The number of halogens is 3. The zero-order chi connectivity index (χ0) is 21.2. The second kappa shape index (κ2) is 7.53. The summed E-state index contributed by atoms with van der Waals surface area (Å²) in [5.41, 5.74) is 0.559. The van der Waals surface area contributed by atoms with Crippen molar-refractivity contribution >= 4 is 11.7 Å². The van der Waals surface area contributed by atoms with Gasteiger partial charge in [-0.3, -0.25) is 4.79 Å². The molecule has 152 valence electrons. The van der Waals surface area contributed by atoms with Gasteiger partial charge < -0.3 is 10.1 Å². The molecule has 7 nitrogen and oxygen atoms in total. The highest BCUT2D eigenvalue weighted by molar-refractivity contribution is 6.04. The lowest BCUT2D eigenvalue weighted by Crippen LogP contribution is -2.18. The van der Waals surface area contributed by atoms with Crippen LogP contribution in [-0.2, 0) is 5.41 Å². The van der Waals surface area contributed by atoms with Crippen molar-refractivity contribution in [3.05, 3.63) is 60.0 Å². The summed E-state index contributed by atoms with van der Waals surface area (Å²) >= 11 is 0. The maximum absolute atomic E-state index is 12.6. The number of benzene rings is 1. The first kappa shape index (κ1) is 20.3. The molecule has 2 aromatic heterocycles. The number of carbonyl (C=O) groups excluding carboxylic acids is 1. The first-order valence-corrected chi connectivity index (χ1v) is 8.58. The maximum atomic E-state index is 12.6. The Labute approximate surface area is 164 Å². The highest BCUT2D eigenvalue weighted by atomic mass is 19.4. The standard InChI is InChI=1S/C19H18F3N5O2/c1-18(2,3)14-11-15(27(26-14)17-23-9-4-10-24-17)25-16(28)12-5-7-13(8-6-12)29-19(20,21)22/h4-11H,1-3H3,(H,25,28). The highest BCUT2D eigenvalue weighted by Gasteiger charge is 2.31. The molecule has 0 bridgehead atoms. The van der Waals surface area contributed by atoms with E-state index in [1.807, 2.05) is 20.8 Å². The van der Waals surface area contributed by atoms with E-state index in [-0.39, 0.29) is 16.9 Å². The van der Waals surface area contributed by atoms with Crippen molar-refractivity contribution in [1.82, 2.24) is 19.7 Å². The van der Waals surface area contributed by atoms with Crippen LogP contribution in [0.4, 0.5) is 19.0 Å². The number of anilines is 1. The number of rotatable bonds is 4.